The number of para-hydroxylation sites is 2. The van der Waals surface area contributed by atoms with Crippen LogP contribution in [0.25, 0.3) is 0 Å². The minimum atomic E-state index is -1.79. The Morgan fingerprint density at radius 3 is 2.43 bits per heavy atom. The lowest BCUT2D eigenvalue weighted by atomic mass is 10.0. The number of ether oxygens (including phenoxy) is 1. The van der Waals surface area contributed by atoms with Crippen LogP contribution in [-0.2, 0) is 17.9 Å². The summed E-state index contributed by atoms with van der Waals surface area (Å²) in [6.45, 7) is 0.731. The van der Waals surface area contributed by atoms with Crippen LogP contribution in [0, 0.1) is 0 Å². The number of aliphatic hydroxyl groups excluding tert-OH is 5. The zero-order valence-corrected chi connectivity index (χ0v) is 30.0. The average molecular weight is 763 g/mol. The van der Waals surface area contributed by atoms with Gasteiger partial charge in [0.2, 0.25) is 5.91 Å². The molecule has 274 valence electrons. The first-order valence-corrected chi connectivity index (χ1v) is 18.6. The molecule has 2 aromatic carbocycles. The summed E-state index contributed by atoms with van der Waals surface area (Å²) in [5.41, 5.74) is 3.54. The zero-order chi connectivity index (χ0) is 36.2. The van der Waals surface area contributed by atoms with E-state index in [1.807, 2.05) is 23.1 Å². The maximum Gasteiger partial charge on any atom is 0.252 e. The molecule has 1 saturated carbocycles. The Morgan fingerprint density at radius 2 is 1.73 bits per heavy atom. The van der Waals surface area contributed by atoms with E-state index in [2.05, 4.69) is 26.2 Å². The molecule has 3 aromatic rings. The van der Waals surface area contributed by atoms with E-state index in [1.54, 1.807) is 30.0 Å². The van der Waals surface area contributed by atoms with Crippen molar-refractivity contribution in [2.24, 2.45) is 0 Å². The molecule has 5 atom stereocenters. The first kappa shape index (κ1) is 37.6. The highest BCUT2D eigenvalue weighted by atomic mass is 35.5. The van der Waals surface area contributed by atoms with E-state index in [0.717, 1.165) is 23.5 Å². The Kier molecular flexibility index (Phi) is 12.3. The van der Waals surface area contributed by atoms with Crippen LogP contribution in [-0.4, -0.2) is 122 Å². The normalized spacial score (nSPS) is 20.0. The Hall–Kier alpha value is -3.18. The maximum atomic E-state index is 14.0. The summed E-state index contributed by atoms with van der Waals surface area (Å²) in [5, 5.41) is 51.2. The molecule has 0 bridgehead atoms. The monoisotopic (exact) mass is 761 g/mol. The summed E-state index contributed by atoms with van der Waals surface area (Å²) in [7, 11) is 0. The van der Waals surface area contributed by atoms with Crippen LogP contribution in [0.2, 0.25) is 10.0 Å². The van der Waals surface area contributed by atoms with Crippen LogP contribution in [0.5, 0.6) is 5.75 Å². The molecule has 6 rings (SSSR count). The standard InChI is InChI=1S/C35H41Cl2N5O8S/c36-24-12-31(50-17-22-6-5-20(13-38-22)34(48)39-14-29(44)32(46)33(47)30(45)16-43)25(37)11-21(24)15-40-19-51-18-28(40)35(49)42-10-9-41(23-7-8-23)26-3-1-2-4-27(26)42/h1-6,11-13,23,28-30,32-33,43-47H,7-10,14-19H2,(H,39,48)/t28-,29-,30+,32+,33+/m0/s1. The van der Waals surface area contributed by atoms with Crippen molar-refractivity contribution in [2.45, 2.75) is 62.5 Å². The van der Waals surface area contributed by atoms with Gasteiger partial charge in [0.15, 0.2) is 0 Å². The predicted octanol–water partition coefficient (Wildman–Crippen LogP) is 2.02. The van der Waals surface area contributed by atoms with Gasteiger partial charge in [-0.05, 0) is 48.7 Å². The number of hydrogen-bond donors (Lipinski definition) is 6. The molecule has 1 saturated heterocycles. The Balaban J connectivity index is 1.02. The van der Waals surface area contributed by atoms with E-state index in [9.17, 15) is 30.0 Å². The quantitative estimate of drug-likeness (QED) is 0.141. The molecule has 13 nitrogen and oxygen atoms in total. The summed E-state index contributed by atoms with van der Waals surface area (Å²) in [6, 6.07) is 14.9. The molecule has 1 aromatic heterocycles. The molecule has 0 radical (unpaired) electrons. The van der Waals surface area contributed by atoms with Crippen LogP contribution in [0.1, 0.15) is 34.5 Å². The summed E-state index contributed by atoms with van der Waals surface area (Å²) >= 11 is 15.1. The van der Waals surface area contributed by atoms with E-state index < -0.39 is 43.5 Å². The lowest BCUT2D eigenvalue weighted by molar-refractivity contribution is -0.122. The van der Waals surface area contributed by atoms with Crippen molar-refractivity contribution in [3.63, 3.8) is 0 Å². The summed E-state index contributed by atoms with van der Waals surface area (Å²) in [5.74, 6) is 1.23. The van der Waals surface area contributed by atoms with Gasteiger partial charge in [-0.1, -0.05) is 35.3 Å². The van der Waals surface area contributed by atoms with Gasteiger partial charge in [-0.15, -0.1) is 11.8 Å². The summed E-state index contributed by atoms with van der Waals surface area (Å²) < 4.78 is 5.90. The highest BCUT2D eigenvalue weighted by Crippen LogP contribution is 2.41. The van der Waals surface area contributed by atoms with Gasteiger partial charge in [0.1, 0.15) is 30.7 Å². The minimum absolute atomic E-state index is 0.0299. The van der Waals surface area contributed by atoms with Gasteiger partial charge in [0, 0.05) is 61.1 Å². The number of anilines is 2. The zero-order valence-electron chi connectivity index (χ0n) is 27.6. The number of carbonyl (C=O) groups is 2. The molecule has 16 heteroatoms. The van der Waals surface area contributed by atoms with E-state index in [4.69, 9.17) is 33.0 Å². The van der Waals surface area contributed by atoms with Gasteiger partial charge in [-0.25, -0.2) is 0 Å². The first-order valence-electron chi connectivity index (χ1n) is 16.7. The molecule has 2 fully saturated rings. The third kappa shape index (κ3) is 8.73. The lowest BCUT2D eigenvalue weighted by Gasteiger charge is -2.39. The van der Waals surface area contributed by atoms with Crippen molar-refractivity contribution >= 4 is 58.2 Å². The van der Waals surface area contributed by atoms with Crippen molar-refractivity contribution in [3.8, 4) is 5.75 Å². The molecule has 3 aliphatic rings. The van der Waals surface area contributed by atoms with E-state index >= 15 is 0 Å². The molecule has 51 heavy (non-hydrogen) atoms. The fourth-order valence-electron chi connectivity index (χ4n) is 6.22. The Bertz CT molecular complexity index is 1700. The minimum Gasteiger partial charge on any atom is -0.486 e. The fraction of sp³-hybridized carbons (Fsp3) is 0.457. The second-order valence-electron chi connectivity index (χ2n) is 12.9. The van der Waals surface area contributed by atoms with Crippen molar-refractivity contribution < 1.29 is 39.9 Å². The molecule has 2 aliphatic heterocycles. The highest BCUT2D eigenvalue weighted by molar-refractivity contribution is 7.99. The number of halogens is 2. The summed E-state index contributed by atoms with van der Waals surface area (Å²) in [4.78, 5) is 37.2. The summed E-state index contributed by atoms with van der Waals surface area (Å²) in [6.07, 6.45) is -3.11. The van der Waals surface area contributed by atoms with Gasteiger partial charge in [-0.2, -0.15) is 0 Å². The Morgan fingerprint density at radius 1 is 0.980 bits per heavy atom. The first-order chi connectivity index (χ1) is 24.5. The highest BCUT2D eigenvalue weighted by Gasteiger charge is 2.40. The van der Waals surface area contributed by atoms with Gasteiger partial charge >= 0.3 is 0 Å². The van der Waals surface area contributed by atoms with Crippen LogP contribution in [0.4, 0.5) is 11.4 Å². The number of benzene rings is 2. The topological polar surface area (TPSA) is 179 Å². The molecule has 2 amide bonds. The van der Waals surface area contributed by atoms with Crippen molar-refractivity contribution in [2.75, 3.05) is 47.7 Å². The third-order valence-corrected chi connectivity index (χ3v) is 11.0. The van der Waals surface area contributed by atoms with Gasteiger partial charge in [0.25, 0.3) is 5.91 Å². The van der Waals surface area contributed by atoms with Crippen LogP contribution in [0.15, 0.2) is 54.7 Å². The number of pyridine rings is 1. The second kappa shape index (κ2) is 16.7. The van der Waals surface area contributed by atoms with Crippen LogP contribution in [0.3, 0.4) is 0 Å². The van der Waals surface area contributed by atoms with Gasteiger partial charge in [-0.3, -0.25) is 19.5 Å². The average Bonchev–Trinajstić information content (AvgIpc) is 3.90. The fourth-order valence-corrected chi connectivity index (χ4v) is 7.86. The molecule has 3 heterocycles. The number of amides is 2. The second-order valence-corrected chi connectivity index (χ2v) is 14.7. The number of nitrogens with one attached hydrogen (secondary N) is 1. The smallest absolute Gasteiger partial charge is 0.252 e. The van der Waals surface area contributed by atoms with E-state index in [1.165, 1.54) is 25.1 Å². The number of aromatic nitrogens is 1. The van der Waals surface area contributed by atoms with Gasteiger partial charge in [0.05, 0.1) is 46.4 Å². The molecule has 1 aliphatic carbocycles. The molecular formula is C35H41Cl2N5O8S. The Labute approximate surface area is 309 Å². The third-order valence-electron chi connectivity index (χ3n) is 9.29. The van der Waals surface area contributed by atoms with E-state index in [-0.39, 0.29) is 24.1 Å². The molecule has 0 spiro atoms. The van der Waals surface area contributed by atoms with Crippen molar-refractivity contribution in [1.82, 2.24) is 15.2 Å². The van der Waals surface area contributed by atoms with Crippen LogP contribution < -0.4 is 19.9 Å². The van der Waals surface area contributed by atoms with Gasteiger partial charge < -0.3 is 45.4 Å². The van der Waals surface area contributed by atoms with Crippen molar-refractivity contribution in [3.05, 3.63) is 81.6 Å². The molecule has 6 N–H and O–H groups in total. The number of carbonyl (C=O) groups excluding carboxylic acids is 2. The molecular weight excluding hydrogens is 721 g/mol. The van der Waals surface area contributed by atoms with E-state index in [0.29, 0.717) is 52.2 Å². The number of aliphatic hydroxyl groups is 5. The largest absolute Gasteiger partial charge is 0.486 e. The van der Waals surface area contributed by atoms with Crippen LogP contribution >= 0.6 is 35.0 Å². The number of fused-ring (bicyclic) bond motifs is 1. The number of nitrogens with zero attached hydrogens (tertiary/aromatic N) is 4. The number of rotatable bonds is 14. The maximum absolute atomic E-state index is 14.0. The number of hydrogen-bond acceptors (Lipinski definition) is 12. The SMILES string of the molecule is O=C(NC[C@H](O)[C@@H](O)[C@H](O)[C@H](O)CO)c1ccc(COc2cc(Cl)c(CN3CSC[C@H]3C(=O)N3CCN(C4CC4)c4ccccc43)cc2Cl)nc1. The predicted molar refractivity (Wildman–Crippen MR) is 194 cm³/mol. The number of thioether (sulfide) groups is 1. The van der Waals surface area contributed by atoms with Crippen molar-refractivity contribution in [1.29, 1.82) is 0 Å². The molecule has 0 unspecified atom stereocenters. The lowest BCUT2D eigenvalue weighted by Crippen LogP contribution is -2.52.